The summed E-state index contributed by atoms with van der Waals surface area (Å²) in [6.07, 6.45) is 0.849. The van der Waals surface area contributed by atoms with Crippen molar-refractivity contribution in [3.63, 3.8) is 0 Å². The fraction of sp³-hybridized carbons (Fsp3) is 0.333. The van der Waals surface area contributed by atoms with E-state index >= 15 is 0 Å². The van der Waals surface area contributed by atoms with Gasteiger partial charge in [0, 0.05) is 6.42 Å². The smallest absolute Gasteiger partial charge is 0.0694 e. The van der Waals surface area contributed by atoms with Crippen LogP contribution in [0.3, 0.4) is 0 Å². The predicted octanol–water partition coefficient (Wildman–Crippen LogP) is 2.62. The zero-order valence-corrected chi connectivity index (χ0v) is 10.8. The third kappa shape index (κ3) is 2.48. The van der Waals surface area contributed by atoms with Crippen molar-refractivity contribution in [3.05, 3.63) is 48.0 Å². The zero-order valence-electron chi connectivity index (χ0n) is 10.8. The molecule has 17 heavy (non-hydrogen) atoms. The van der Waals surface area contributed by atoms with Crippen molar-refractivity contribution in [2.24, 2.45) is 5.73 Å². The van der Waals surface area contributed by atoms with E-state index < -0.39 is 0 Å². The van der Waals surface area contributed by atoms with Gasteiger partial charge in [-0.1, -0.05) is 42.5 Å². The summed E-state index contributed by atoms with van der Waals surface area (Å²) in [5.41, 5.74) is 7.30. The highest BCUT2D eigenvalue weighted by atomic mass is 15.2. The highest BCUT2D eigenvalue weighted by Gasteiger charge is 2.22. The van der Waals surface area contributed by atoms with Crippen LogP contribution in [0.5, 0.6) is 0 Å². The van der Waals surface area contributed by atoms with Crippen molar-refractivity contribution in [2.45, 2.75) is 19.0 Å². The number of nitrogens with zero attached hydrogens (tertiary/aromatic N) is 1. The van der Waals surface area contributed by atoms with Gasteiger partial charge >= 0.3 is 0 Å². The lowest BCUT2D eigenvalue weighted by atomic mass is 9.96. The van der Waals surface area contributed by atoms with Crippen LogP contribution in [0.4, 0.5) is 0 Å². The summed E-state index contributed by atoms with van der Waals surface area (Å²) in [5.74, 6) is 0. The quantitative estimate of drug-likeness (QED) is 0.818. The third-order valence-corrected chi connectivity index (χ3v) is 3.45. The summed E-state index contributed by atoms with van der Waals surface area (Å²) in [6, 6.07) is 14.9. The molecule has 0 aliphatic heterocycles. The fourth-order valence-electron chi connectivity index (χ4n) is 1.99. The maximum atomic E-state index is 6.31. The molecule has 2 aromatic carbocycles. The largest absolute Gasteiger partial charge is 0.313 e. The molecule has 0 aromatic heterocycles. The van der Waals surface area contributed by atoms with Crippen LogP contribution in [0.15, 0.2) is 42.5 Å². The Morgan fingerprint density at radius 3 is 2.41 bits per heavy atom. The van der Waals surface area contributed by atoms with Crippen molar-refractivity contribution in [3.8, 4) is 0 Å². The summed E-state index contributed by atoms with van der Waals surface area (Å²) >= 11 is 0. The molecule has 0 bridgehead atoms. The van der Waals surface area contributed by atoms with E-state index in [1.807, 2.05) is 14.1 Å². The van der Waals surface area contributed by atoms with Crippen LogP contribution in [-0.2, 0) is 6.42 Å². The molecule has 0 amide bonds. The van der Waals surface area contributed by atoms with Crippen LogP contribution in [0.2, 0.25) is 0 Å². The summed E-state index contributed by atoms with van der Waals surface area (Å²) < 4.78 is 0. The molecule has 0 saturated carbocycles. The van der Waals surface area contributed by atoms with Crippen LogP contribution in [0, 0.1) is 0 Å². The average Bonchev–Trinajstić information content (AvgIpc) is 2.29. The SMILES string of the molecule is CN(C)C(C)(N)Cc1cccc2ccccc12. The van der Waals surface area contributed by atoms with Gasteiger partial charge in [-0.3, -0.25) is 4.90 Å². The maximum absolute atomic E-state index is 6.31. The molecule has 2 nitrogen and oxygen atoms in total. The van der Waals surface area contributed by atoms with Crippen LogP contribution < -0.4 is 5.73 Å². The summed E-state index contributed by atoms with van der Waals surface area (Å²) in [4.78, 5) is 2.06. The van der Waals surface area contributed by atoms with E-state index in [0.717, 1.165) is 6.42 Å². The van der Waals surface area contributed by atoms with Crippen LogP contribution in [0.1, 0.15) is 12.5 Å². The van der Waals surface area contributed by atoms with E-state index in [1.54, 1.807) is 0 Å². The first-order valence-electron chi connectivity index (χ1n) is 5.94. The fourth-order valence-corrected chi connectivity index (χ4v) is 1.99. The molecule has 2 N–H and O–H groups in total. The van der Waals surface area contributed by atoms with E-state index in [1.165, 1.54) is 16.3 Å². The van der Waals surface area contributed by atoms with Gasteiger partial charge in [0.2, 0.25) is 0 Å². The van der Waals surface area contributed by atoms with Gasteiger partial charge in [-0.15, -0.1) is 0 Å². The van der Waals surface area contributed by atoms with Gasteiger partial charge in [0.15, 0.2) is 0 Å². The number of rotatable bonds is 3. The van der Waals surface area contributed by atoms with Crippen LogP contribution >= 0.6 is 0 Å². The zero-order chi connectivity index (χ0) is 12.5. The van der Waals surface area contributed by atoms with Crippen molar-refractivity contribution >= 4 is 10.8 Å². The Kier molecular flexibility index (Phi) is 3.18. The number of hydrogen-bond acceptors (Lipinski definition) is 2. The van der Waals surface area contributed by atoms with E-state index in [0.29, 0.717) is 0 Å². The Bertz CT molecular complexity index is 510. The molecule has 0 heterocycles. The van der Waals surface area contributed by atoms with Crippen LogP contribution in [-0.4, -0.2) is 24.7 Å². The lowest BCUT2D eigenvalue weighted by molar-refractivity contribution is 0.180. The Balaban J connectivity index is 2.43. The number of nitrogens with two attached hydrogens (primary N) is 1. The van der Waals surface area contributed by atoms with Crippen LogP contribution in [0.25, 0.3) is 10.8 Å². The molecule has 0 fully saturated rings. The highest BCUT2D eigenvalue weighted by Crippen LogP contribution is 2.22. The summed E-state index contributed by atoms with van der Waals surface area (Å²) in [6.45, 7) is 2.06. The molecule has 0 spiro atoms. The lowest BCUT2D eigenvalue weighted by Gasteiger charge is -2.32. The highest BCUT2D eigenvalue weighted by molar-refractivity contribution is 5.85. The molecule has 90 valence electrons. The standard InChI is InChI=1S/C15H20N2/c1-15(16,17(2)3)11-13-9-6-8-12-7-4-5-10-14(12)13/h4-10H,11,16H2,1-3H3. The number of likely N-dealkylation sites (N-methyl/N-ethyl adjacent to an activating group) is 1. The lowest BCUT2D eigenvalue weighted by Crippen LogP contribution is -2.51. The first kappa shape index (κ1) is 12.1. The molecule has 1 atom stereocenters. The minimum absolute atomic E-state index is 0.315. The minimum Gasteiger partial charge on any atom is -0.313 e. The van der Waals surface area contributed by atoms with Gasteiger partial charge < -0.3 is 5.73 Å². The molecule has 1 unspecified atom stereocenters. The van der Waals surface area contributed by atoms with Gasteiger partial charge in [-0.2, -0.15) is 0 Å². The second-order valence-electron chi connectivity index (χ2n) is 5.07. The molecule has 0 saturated heterocycles. The van der Waals surface area contributed by atoms with Gasteiger partial charge in [0.1, 0.15) is 0 Å². The molecule has 0 aliphatic rings. The molecule has 2 aromatic rings. The van der Waals surface area contributed by atoms with Gasteiger partial charge in [0.25, 0.3) is 0 Å². The second-order valence-corrected chi connectivity index (χ2v) is 5.07. The van der Waals surface area contributed by atoms with Gasteiger partial charge in [-0.05, 0) is 37.4 Å². The molecule has 2 heteroatoms. The van der Waals surface area contributed by atoms with Crippen molar-refractivity contribution in [2.75, 3.05) is 14.1 Å². The third-order valence-electron chi connectivity index (χ3n) is 3.45. The van der Waals surface area contributed by atoms with Gasteiger partial charge in [-0.25, -0.2) is 0 Å². The molecular weight excluding hydrogens is 208 g/mol. The normalized spacial score (nSPS) is 15.1. The Morgan fingerprint density at radius 2 is 1.71 bits per heavy atom. The Hall–Kier alpha value is -1.38. The molecular formula is C15H20N2. The van der Waals surface area contributed by atoms with Gasteiger partial charge in [0.05, 0.1) is 5.66 Å². The monoisotopic (exact) mass is 228 g/mol. The first-order chi connectivity index (χ1) is 8.00. The van der Waals surface area contributed by atoms with E-state index in [4.69, 9.17) is 5.73 Å². The number of benzene rings is 2. The summed E-state index contributed by atoms with van der Waals surface area (Å²) in [5, 5.41) is 2.58. The topological polar surface area (TPSA) is 29.3 Å². The van der Waals surface area contributed by atoms with E-state index in [9.17, 15) is 0 Å². The molecule has 0 radical (unpaired) electrons. The number of hydrogen-bond donors (Lipinski definition) is 1. The Labute approximate surface area is 103 Å². The van der Waals surface area contributed by atoms with E-state index in [-0.39, 0.29) is 5.66 Å². The molecule has 0 aliphatic carbocycles. The van der Waals surface area contributed by atoms with Crippen molar-refractivity contribution in [1.82, 2.24) is 4.90 Å². The number of fused-ring (bicyclic) bond motifs is 1. The van der Waals surface area contributed by atoms with Crippen molar-refractivity contribution < 1.29 is 0 Å². The van der Waals surface area contributed by atoms with E-state index in [2.05, 4.69) is 54.3 Å². The molecule has 2 rings (SSSR count). The van der Waals surface area contributed by atoms with Crippen molar-refractivity contribution in [1.29, 1.82) is 0 Å². The average molecular weight is 228 g/mol. The Morgan fingerprint density at radius 1 is 1.06 bits per heavy atom. The maximum Gasteiger partial charge on any atom is 0.0694 e. The predicted molar refractivity (Wildman–Crippen MR) is 73.9 cm³/mol. The second kappa shape index (κ2) is 4.47. The summed E-state index contributed by atoms with van der Waals surface area (Å²) in [7, 11) is 4.04. The first-order valence-corrected chi connectivity index (χ1v) is 5.94. The minimum atomic E-state index is -0.315.